The summed E-state index contributed by atoms with van der Waals surface area (Å²) in [4.78, 5) is 18.4. The quantitative estimate of drug-likeness (QED) is 0.545. The number of rotatable bonds is 2. The fourth-order valence-electron chi connectivity index (χ4n) is 4.51. The van der Waals surface area contributed by atoms with Crippen LogP contribution in [0.1, 0.15) is 35.9 Å². The van der Waals surface area contributed by atoms with Crippen LogP contribution in [0.4, 0.5) is 11.4 Å². The summed E-state index contributed by atoms with van der Waals surface area (Å²) in [5.41, 5.74) is 5.07. The summed E-state index contributed by atoms with van der Waals surface area (Å²) in [5.74, 6) is 0.141. The van der Waals surface area contributed by atoms with E-state index in [1.165, 1.54) is 5.56 Å². The van der Waals surface area contributed by atoms with Crippen LogP contribution in [-0.4, -0.2) is 11.5 Å². The van der Waals surface area contributed by atoms with Crippen molar-refractivity contribution < 1.29 is 4.79 Å². The Hall–Kier alpha value is -2.91. The Morgan fingerprint density at radius 2 is 1.55 bits per heavy atom. The minimum Gasteiger partial charge on any atom is -0.375 e. The van der Waals surface area contributed by atoms with E-state index in [9.17, 15) is 4.79 Å². The molecular formula is C25H21ClN2O. The van der Waals surface area contributed by atoms with Crippen LogP contribution in [0.15, 0.2) is 83.9 Å². The summed E-state index contributed by atoms with van der Waals surface area (Å²) in [5, 5.41) is 4.29. The number of Topliss-reactive ketones (excluding diaryl/α,β-unsaturated/α-hetero) is 1. The van der Waals surface area contributed by atoms with Gasteiger partial charge in [-0.25, -0.2) is 0 Å². The standard InChI is InChI=1S/C25H21ClN2O/c26-19-12-10-17(11-13-19)25-24-22(27-20-8-4-5-9-21(20)28-25)14-18(15-23(24)29)16-6-2-1-3-7-16/h1-13,18,24-25,28H,14-15H2. The number of ketones is 1. The highest BCUT2D eigenvalue weighted by molar-refractivity contribution is 6.30. The third-order valence-corrected chi connectivity index (χ3v) is 6.17. The summed E-state index contributed by atoms with van der Waals surface area (Å²) in [6.07, 6.45) is 1.33. The van der Waals surface area contributed by atoms with Gasteiger partial charge in [0.2, 0.25) is 0 Å². The molecule has 0 amide bonds. The molecule has 1 N–H and O–H groups in total. The lowest BCUT2D eigenvalue weighted by atomic mass is 9.72. The van der Waals surface area contributed by atoms with E-state index < -0.39 is 0 Å². The number of carbonyl (C=O) groups excluding carboxylic acids is 1. The predicted molar refractivity (Wildman–Crippen MR) is 118 cm³/mol. The van der Waals surface area contributed by atoms with Gasteiger partial charge in [0.05, 0.1) is 23.3 Å². The maximum Gasteiger partial charge on any atom is 0.144 e. The predicted octanol–water partition coefficient (Wildman–Crippen LogP) is 6.34. The van der Waals surface area contributed by atoms with Crippen LogP contribution >= 0.6 is 11.6 Å². The van der Waals surface area contributed by atoms with Crippen molar-refractivity contribution in [1.82, 2.24) is 0 Å². The summed E-state index contributed by atoms with van der Waals surface area (Å²) >= 11 is 6.11. The zero-order valence-corrected chi connectivity index (χ0v) is 16.6. The molecule has 3 aromatic carbocycles. The van der Waals surface area contributed by atoms with Crippen molar-refractivity contribution >= 4 is 34.5 Å². The first-order valence-corrected chi connectivity index (χ1v) is 10.3. The van der Waals surface area contributed by atoms with Gasteiger partial charge in [0.1, 0.15) is 5.78 Å². The number of hydrogen-bond donors (Lipinski definition) is 1. The molecule has 1 aliphatic carbocycles. The second-order valence-corrected chi connectivity index (χ2v) is 8.19. The number of halogens is 1. The second-order valence-electron chi connectivity index (χ2n) is 7.75. The van der Waals surface area contributed by atoms with Gasteiger partial charge in [-0.2, -0.15) is 0 Å². The van der Waals surface area contributed by atoms with Gasteiger partial charge in [0, 0.05) is 17.2 Å². The Balaban J connectivity index is 1.60. The molecular weight excluding hydrogens is 380 g/mol. The Morgan fingerprint density at radius 3 is 2.34 bits per heavy atom. The smallest absolute Gasteiger partial charge is 0.144 e. The van der Waals surface area contributed by atoms with Gasteiger partial charge >= 0.3 is 0 Å². The molecule has 29 heavy (non-hydrogen) atoms. The average molecular weight is 401 g/mol. The highest BCUT2D eigenvalue weighted by atomic mass is 35.5. The van der Waals surface area contributed by atoms with E-state index in [0.717, 1.165) is 29.1 Å². The molecule has 2 aliphatic rings. The summed E-state index contributed by atoms with van der Waals surface area (Å²) in [7, 11) is 0. The van der Waals surface area contributed by atoms with E-state index in [1.54, 1.807) is 0 Å². The molecule has 3 nitrogen and oxygen atoms in total. The number of hydrogen-bond acceptors (Lipinski definition) is 3. The summed E-state index contributed by atoms with van der Waals surface area (Å²) in [6.45, 7) is 0. The number of aliphatic imine (C=N–C) groups is 1. The number of anilines is 1. The summed E-state index contributed by atoms with van der Waals surface area (Å²) in [6, 6.07) is 25.9. The van der Waals surface area contributed by atoms with Crippen molar-refractivity contribution in [2.24, 2.45) is 10.9 Å². The molecule has 0 radical (unpaired) electrons. The molecule has 3 unspecified atom stereocenters. The molecule has 3 atom stereocenters. The largest absolute Gasteiger partial charge is 0.375 e. The van der Waals surface area contributed by atoms with E-state index in [2.05, 4.69) is 17.4 Å². The lowest BCUT2D eigenvalue weighted by molar-refractivity contribution is -0.122. The number of fused-ring (bicyclic) bond motifs is 2. The molecule has 1 heterocycles. The van der Waals surface area contributed by atoms with Crippen LogP contribution in [0, 0.1) is 5.92 Å². The summed E-state index contributed by atoms with van der Waals surface area (Å²) < 4.78 is 0. The molecule has 4 heteroatoms. The zero-order chi connectivity index (χ0) is 19.8. The van der Waals surface area contributed by atoms with Crippen molar-refractivity contribution in [3.63, 3.8) is 0 Å². The highest BCUT2D eigenvalue weighted by Gasteiger charge is 2.41. The van der Waals surface area contributed by atoms with Gasteiger partial charge < -0.3 is 5.32 Å². The van der Waals surface area contributed by atoms with Crippen LogP contribution in [0.5, 0.6) is 0 Å². The topological polar surface area (TPSA) is 41.5 Å². The van der Waals surface area contributed by atoms with Crippen molar-refractivity contribution in [3.8, 4) is 0 Å². The van der Waals surface area contributed by atoms with Gasteiger partial charge in [0.15, 0.2) is 0 Å². The van der Waals surface area contributed by atoms with E-state index in [1.807, 2.05) is 66.7 Å². The molecule has 0 bridgehead atoms. The fraction of sp³-hybridized carbons (Fsp3) is 0.200. The van der Waals surface area contributed by atoms with E-state index in [4.69, 9.17) is 16.6 Å². The zero-order valence-electron chi connectivity index (χ0n) is 15.9. The minimum absolute atomic E-state index is 0.154. The normalized spacial score (nSPS) is 23.3. The molecule has 1 aliphatic heterocycles. The van der Waals surface area contributed by atoms with Crippen molar-refractivity contribution in [2.75, 3.05) is 5.32 Å². The van der Waals surface area contributed by atoms with E-state index in [0.29, 0.717) is 11.4 Å². The van der Waals surface area contributed by atoms with Crippen LogP contribution < -0.4 is 5.32 Å². The van der Waals surface area contributed by atoms with Gasteiger partial charge in [-0.15, -0.1) is 0 Å². The molecule has 5 rings (SSSR count). The number of benzene rings is 3. The maximum absolute atomic E-state index is 13.4. The van der Waals surface area contributed by atoms with Crippen molar-refractivity contribution in [2.45, 2.75) is 24.8 Å². The van der Waals surface area contributed by atoms with Crippen molar-refractivity contribution in [3.05, 3.63) is 95.0 Å². The monoisotopic (exact) mass is 400 g/mol. The lowest BCUT2D eigenvalue weighted by Gasteiger charge is -2.34. The van der Waals surface area contributed by atoms with Gasteiger partial charge in [0.25, 0.3) is 0 Å². The molecule has 0 aromatic heterocycles. The number of para-hydroxylation sites is 2. The average Bonchev–Trinajstić information content (AvgIpc) is 2.92. The highest BCUT2D eigenvalue weighted by Crippen LogP contribution is 2.43. The lowest BCUT2D eigenvalue weighted by Crippen LogP contribution is -2.38. The molecule has 1 fully saturated rings. The molecule has 0 spiro atoms. The third-order valence-electron chi connectivity index (χ3n) is 5.92. The fourth-order valence-corrected chi connectivity index (χ4v) is 4.63. The van der Waals surface area contributed by atoms with E-state index >= 15 is 0 Å². The Labute approximate surface area is 175 Å². The van der Waals surface area contributed by atoms with Crippen LogP contribution in [-0.2, 0) is 4.79 Å². The molecule has 0 saturated heterocycles. The SMILES string of the molecule is O=C1CC(c2ccccc2)CC2=Nc3ccccc3NC(c3ccc(Cl)cc3)C12. The first kappa shape index (κ1) is 18.1. The van der Waals surface area contributed by atoms with Crippen molar-refractivity contribution in [1.29, 1.82) is 0 Å². The van der Waals surface area contributed by atoms with Gasteiger partial charge in [-0.3, -0.25) is 9.79 Å². The Kier molecular flexibility index (Phi) is 4.69. The minimum atomic E-state index is -0.275. The Bertz CT molecular complexity index is 1080. The Morgan fingerprint density at radius 1 is 0.828 bits per heavy atom. The maximum atomic E-state index is 13.4. The van der Waals surface area contributed by atoms with Gasteiger partial charge in [-0.1, -0.05) is 66.2 Å². The number of nitrogens with one attached hydrogen (secondary N) is 1. The third kappa shape index (κ3) is 3.47. The second kappa shape index (κ2) is 7.49. The number of nitrogens with zero attached hydrogens (tertiary/aromatic N) is 1. The van der Waals surface area contributed by atoms with Gasteiger partial charge in [-0.05, 0) is 47.7 Å². The molecule has 144 valence electrons. The van der Waals surface area contributed by atoms with Crippen LogP contribution in [0.25, 0.3) is 0 Å². The first-order valence-electron chi connectivity index (χ1n) is 9.95. The number of carbonyl (C=O) groups is 1. The van der Waals surface area contributed by atoms with Crippen LogP contribution in [0.2, 0.25) is 5.02 Å². The molecule has 3 aromatic rings. The van der Waals surface area contributed by atoms with E-state index in [-0.39, 0.29) is 23.7 Å². The van der Waals surface area contributed by atoms with Crippen LogP contribution in [0.3, 0.4) is 0 Å². The first-order chi connectivity index (χ1) is 14.2. The molecule has 1 saturated carbocycles.